The van der Waals surface area contributed by atoms with E-state index in [0.29, 0.717) is 10.3 Å². The van der Waals surface area contributed by atoms with Gasteiger partial charge in [-0.3, -0.25) is 0 Å². The lowest BCUT2D eigenvalue weighted by Gasteiger charge is -2.23. The molecule has 0 aliphatic carbocycles. The van der Waals surface area contributed by atoms with Crippen molar-refractivity contribution >= 4 is 28.9 Å². The molecule has 1 unspecified atom stereocenters. The molecule has 0 amide bonds. The second kappa shape index (κ2) is 5.87. The summed E-state index contributed by atoms with van der Waals surface area (Å²) in [4.78, 5) is 2.28. The number of aromatic nitrogens is 2. The molecule has 1 aromatic heterocycles. The van der Waals surface area contributed by atoms with Crippen molar-refractivity contribution in [3.8, 4) is 0 Å². The molecule has 17 heavy (non-hydrogen) atoms. The quantitative estimate of drug-likeness (QED) is 0.821. The van der Waals surface area contributed by atoms with Gasteiger partial charge in [0, 0.05) is 19.2 Å². The van der Waals surface area contributed by atoms with Gasteiger partial charge in [0.1, 0.15) is 0 Å². The lowest BCUT2D eigenvalue weighted by Crippen LogP contribution is -2.24. The van der Waals surface area contributed by atoms with Crippen molar-refractivity contribution in [1.82, 2.24) is 10.2 Å². The second-order valence-corrected chi connectivity index (χ2v) is 5.28. The van der Waals surface area contributed by atoms with E-state index in [1.807, 2.05) is 6.07 Å². The van der Waals surface area contributed by atoms with Crippen molar-refractivity contribution in [3.63, 3.8) is 0 Å². The minimum atomic E-state index is 0.403. The fourth-order valence-electron chi connectivity index (χ4n) is 2.38. The highest BCUT2D eigenvalue weighted by atomic mass is 35.5. The fourth-order valence-corrected chi connectivity index (χ4v) is 2.73. The predicted octanol–water partition coefficient (Wildman–Crippen LogP) is 3.80. The summed E-state index contributed by atoms with van der Waals surface area (Å²) < 4.78 is 0. The highest BCUT2D eigenvalue weighted by Crippen LogP contribution is 2.29. The standard InChI is InChI=1S/C12H17Cl2N3/c1-2-9-4-3-6-17(7-5-9)10-8-11(13)15-16-12(10)14/h8-9H,2-7H2,1H3. The summed E-state index contributed by atoms with van der Waals surface area (Å²) in [6.45, 7) is 4.32. The summed E-state index contributed by atoms with van der Waals surface area (Å²) in [7, 11) is 0. The molecular formula is C12H17Cl2N3. The SMILES string of the molecule is CCC1CCCN(c2cc(Cl)nnc2Cl)CC1. The Morgan fingerprint density at radius 1 is 1.29 bits per heavy atom. The van der Waals surface area contributed by atoms with E-state index in [1.54, 1.807) is 0 Å². The Labute approximate surface area is 112 Å². The second-order valence-electron chi connectivity index (χ2n) is 4.54. The predicted molar refractivity (Wildman–Crippen MR) is 71.9 cm³/mol. The van der Waals surface area contributed by atoms with Crippen LogP contribution in [0.15, 0.2) is 6.07 Å². The molecule has 0 aromatic carbocycles. The van der Waals surface area contributed by atoms with E-state index < -0.39 is 0 Å². The zero-order chi connectivity index (χ0) is 12.3. The van der Waals surface area contributed by atoms with Gasteiger partial charge in [0.2, 0.25) is 0 Å². The monoisotopic (exact) mass is 273 g/mol. The van der Waals surface area contributed by atoms with Crippen LogP contribution in [0, 0.1) is 5.92 Å². The Hall–Kier alpha value is -0.540. The molecule has 1 fully saturated rings. The summed E-state index contributed by atoms with van der Waals surface area (Å²) in [6.07, 6.45) is 4.98. The fraction of sp³-hybridized carbons (Fsp3) is 0.667. The molecule has 0 spiro atoms. The van der Waals surface area contributed by atoms with Gasteiger partial charge in [-0.05, 0) is 25.2 Å². The van der Waals surface area contributed by atoms with Gasteiger partial charge in [-0.25, -0.2) is 0 Å². The summed E-state index contributed by atoms with van der Waals surface area (Å²) in [5.74, 6) is 0.837. The molecule has 0 bridgehead atoms. The van der Waals surface area contributed by atoms with Crippen molar-refractivity contribution in [3.05, 3.63) is 16.4 Å². The normalized spacial score (nSPS) is 21.4. The van der Waals surface area contributed by atoms with Gasteiger partial charge in [-0.2, -0.15) is 0 Å². The molecule has 5 heteroatoms. The van der Waals surface area contributed by atoms with Crippen molar-refractivity contribution in [1.29, 1.82) is 0 Å². The number of nitrogens with zero attached hydrogens (tertiary/aromatic N) is 3. The van der Waals surface area contributed by atoms with Crippen molar-refractivity contribution in [2.45, 2.75) is 32.6 Å². The third kappa shape index (κ3) is 3.23. The Kier molecular flexibility index (Phi) is 4.46. The van der Waals surface area contributed by atoms with Crippen LogP contribution in [-0.2, 0) is 0 Å². The number of hydrogen-bond acceptors (Lipinski definition) is 3. The van der Waals surface area contributed by atoms with E-state index in [1.165, 1.54) is 25.7 Å². The lowest BCUT2D eigenvalue weighted by atomic mass is 9.98. The van der Waals surface area contributed by atoms with Gasteiger partial charge in [-0.1, -0.05) is 36.5 Å². The van der Waals surface area contributed by atoms with Crippen LogP contribution < -0.4 is 4.90 Å². The maximum absolute atomic E-state index is 6.08. The highest BCUT2D eigenvalue weighted by molar-refractivity contribution is 6.33. The number of anilines is 1. The molecular weight excluding hydrogens is 257 g/mol. The maximum atomic E-state index is 6.08. The molecule has 0 radical (unpaired) electrons. The van der Waals surface area contributed by atoms with Crippen LogP contribution in [0.2, 0.25) is 10.3 Å². The van der Waals surface area contributed by atoms with Gasteiger partial charge < -0.3 is 4.90 Å². The van der Waals surface area contributed by atoms with Crippen molar-refractivity contribution in [2.24, 2.45) is 5.92 Å². The topological polar surface area (TPSA) is 29.0 Å². The molecule has 3 nitrogen and oxygen atoms in total. The summed E-state index contributed by atoms with van der Waals surface area (Å²) in [6, 6.07) is 1.81. The van der Waals surface area contributed by atoms with E-state index in [0.717, 1.165) is 24.7 Å². The van der Waals surface area contributed by atoms with Crippen LogP contribution in [0.25, 0.3) is 0 Å². The van der Waals surface area contributed by atoms with Gasteiger partial charge in [0.05, 0.1) is 5.69 Å². The molecule has 2 heterocycles. The van der Waals surface area contributed by atoms with E-state index >= 15 is 0 Å². The zero-order valence-corrected chi connectivity index (χ0v) is 11.5. The van der Waals surface area contributed by atoms with Gasteiger partial charge in [0.15, 0.2) is 10.3 Å². The first-order valence-corrected chi connectivity index (χ1v) is 6.90. The van der Waals surface area contributed by atoms with Crippen LogP contribution >= 0.6 is 23.2 Å². The molecule has 1 aliphatic rings. The van der Waals surface area contributed by atoms with Gasteiger partial charge in [0.25, 0.3) is 0 Å². The smallest absolute Gasteiger partial charge is 0.175 e. The Bertz CT molecular complexity index is 384. The van der Waals surface area contributed by atoms with Gasteiger partial charge in [-0.15, -0.1) is 10.2 Å². The number of rotatable bonds is 2. The minimum Gasteiger partial charge on any atom is -0.369 e. The van der Waals surface area contributed by atoms with E-state index in [2.05, 4.69) is 22.0 Å². The van der Waals surface area contributed by atoms with Crippen molar-refractivity contribution in [2.75, 3.05) is 18.0 Å². The van der Waals surface area contributed by atoms with Crippen LogP contribution in [0.3, 0.4) is 0 Å². The summed E-state index contributed by atoms with van der Waals surface area (Å²) in [5, 5.41) is 8.46. The average molecular weight is 274 g/mol. The van der Waals surface area contributed by atoms with E-state index in [4.69, 9.17) is 23.2 Å². The van der Waals surface area contributed by atoms with Crippen LogP contribution in [0.1, 0.15) is 32.6 Å². The zero-order valence-electron chi connectivity index (χ0n) is 9.99. The van der Waals surface area contributed by atoms with Gasteiger partial charge >= 0.3 is 0 Å². The third-order valence-electron chi connectivity index (χ3n) is 3.47. The molecule has 1 saturated heterocycles. The Morgan fingerprint density at radius 2 is 2.12 bits per heavy atom. The Balaban J connectivity index is 2.13. The van der Waals surface area contributed by atoms with Crippen molar-refractivity contribution < 1.29 is 0 Å². The largest absolute Gasteiger partial charge is 0.369 e. The molecule has 2 rings (SSSR count). The first-order valence-electron chi connectivity index (χ1n) is 6.14. The molecule has 0 N–H and O–H groups in total. The summed E-state index contributed by atoms with van der Waals surface area (Å²) in [5.41, 5.74) is 0.920. The molecule has 0 saturated carbocycles. The molecule has 1 aliphatic heterocycles. The third-order valence-corrected chi connectivity index (χ3v) is 3.92. The first kappa shape index (κ1) is 12.9. The average Bonchev–Trinajstić information content (AvgIpc) is 2.57. The van der Waals surface area contributed by atoms with Crippen LogP contribution in [0.5, 0.6) is 0 Å². The number of hydrogen-bond donors (Lipinski definition) is 0. The maximum Gasteiger partial charge on any atom is 0.175 e. The number of halogens is 2. The van der Waals surface area contributed by atoms with Crippen LogP contribution in [-0.4, -0.2) is 23.3 Å². The molecule has 1 aromatic rings. The molecule has 1 atom stereocenters. The van der Waals surface area contributed by atoms with E-state index in [-0.39, 0.29) is 0 Å². The molecule has 94 valence electrons. The lowest BCUT2D eigenvalue weighted by molar-refractivity contribution is 0.459. The van der Waals surface area contributed by atoms with Crippen LogP contribution in [0.4, 0.5) is 5.69 Å². The Morgan fingerprint density at radius 3 is 2.88 bits per heavy atom. The minimum absolute atomic E-state index is 0.403. The summed E-state index contributed by atoms with van der Waals surface area (Å²) >= 11 is 12.0. The first-order chi connectivity index (χ1) is 8.20. The van der Waals surface area contributed by atoms with E-state index in [9.17, 15) is 0 Å². The highest BCUT2D eigenvalue weighted by Gasteiger charge is 2.18.